The van der Waals surface area contributed by atoms with Crippen LogP contribution in [0.4, 0.5) is 10.3 Å². The van der Waals surface area contributed by atoms with E-state index < -0.39 is 0 Å². The lowest BCUT2D eigenvalue weighted by Crippen LogP contribution is -2.18. The Morgan fingerprint density at radius 3 is 2.78 bits per heavy atom. The van der Waals surface area contributed by atoms with Gasteiger partial charge in [-0.3, -0.25) is 14.7 Å². The minimum Gasteiger partial charge on any atom is -0.296 e. The van der Waals surface area contributed by atoms with Gasteiger partial charge in [0, 0.05) is 12.7 Å². The number of aryl methyl sites for hydroxylation is 1. The number of fused-ring (bicyclic) bond motifs is 1. The smallest absolute Gasteiger partial charge is 0.231 e. The van der Waals surface area contributed by atoms with Crippen LogP contribution in [0.5, 0.6) is 0 Å². The zero-order valence-electron chi connectivity index (χ0n) is 12.8. The first kappa shape index (κ1) is 15.1. The SMILES string of the molecule is CCCn1c(NC(=O)Cc2ccc(F)cc2)nc2cccnc21. The third-order valence-corrected chi connectivity index (χ3v) is 3.48. The van der Waals surface area contributed by atoms with Gasteiger partial charge in [0.15, 0.2) is 5.65 Å². The van der Waals surface area contributed by atoms with Crippen LogP contribution in [0.15, 0.2) is 42.6 Å². The second-order valence-corrected chi connectivity index (χ2v) is 5.28. The third kappa shape index (κ3) is 3.36. The van der Waals surface area contributed by atoms with E-state index in [1.807, 2.05) is 16.7 Å². The molecule has 118 valence electrons. The van der Waals surface area contributed by atoms with Crippen LogP contribution in [0.1, 0.15) is 18.9 Å². The molecule has 0 aliphatic heterocycles. The topological polar surface area (TPSA) is 59.8 Å². The number of carbonyl (C=O) groups is 1. The van der Waals surface area contributed by atoms with E-state index in [1.54, 1.807) is 18.3 Å². The van der Waals surface area contributed by atoms with Crippen molar-refractivity contribution in [3.05, 3.63) is 54.0 Å². The molecule has 1 amide bonds. The van der Waals surface area contributed by atoms with Crippen molar-refractivity contribution in [3.63, 3.8) is 0 Å². The molecule has 0 aliphatic carbocycles. The van der Waals surface area contributed by atoms with Crippen LogP contribution in [-0.2, 0) is 17.8 Å². The molecule has 0 saturated carbocycles. The lowest BCUT2D eigenvalue weighted by atomic mass is 10.1. The first-order chi connectivity index (χ1) is 11.2. The second-order valence-electron chi connectivity index (χ2n) is 5.28. The fourth-order valence-electron chi connectivity index (χ4n) is 2.45. The zero-order chi connectivity index (χ0) is 16.2. The van der Waals surface area contributed by atoms with Gasteiger partial charge in [-0.25, -0.2) is 14.4 Å². The highest BCUT2D eigenvalue weighted by Crippen LogP contribution is 2.18. The van der Waals surface area contributed by atoms with Gasteiger partial charge in [0.05, 0.1) is 6.42 Å². The van der Waals surface area contributed by atoms with Crippen LogP contribution < -0.4 is 5.32 Å². The van der Waals surface area contributed by atoms with Crippen LogP contribution in [0.25, 0.3) is 11.2 Å². The largest absolute Gasteiger partial charge is 0.296 e. The van der Waals surface area contributed by atoms with Crippen LogP contribution in [-0.4, -0.2) is 20.4 Å². The summed E-state index contributed by atoms with van der Waals surface area (Å²) in [4.78, 5) is 21.0. The molecule has 0 spiro atoms. The minimum absolute atomic E-state index is 0.170. The molecule has 3 rings (SSSR count). The van der Waals surface area contributed by atoms with Gasteiger partial charge in [-0.1, -0.05) is 19.1 Å². The molecule has 0 aliphatic rings. The molecule has 0 unspecified atom stereocenters. The Labute approximate surface area is 133 Å². The molecule has 1 aromatic carbocycles. The molecule has 3 aromatic rings. The molecule has 0 fully saturated rings. The van der Waals surface area contributed by atoms with E-state index in [0.29, 0.717) is 5.95 Å². The molecular weight excluding hydrogens is 295 g/mol. The monoisotopic (exact) mass is 312 g/mol. The number of hydrogen-bond acceptors (Lipinski definition) is 3. The predicted molar refractivity (Wildman–Crippen MR) is 86.6 cm³/mol. The minimum atomic E-state index is -0.315. The maximum atomic E-state index is 12.9. The van der Waals surface area contributed by atoms with Crippen molar-refractivity contribution in [2.75, 3.05) is 5.32 Å². The third-order valence-electron chi connectivity index (χ3n) is 3.48. The van der Waals surface area contributed by atoms with Gasteiger partial charge >= 0.3 is 0 Å². The van der Waals surface area contributed by atoms with E-state index in [1.165, 1.54) is 12.1 Å². The highest BCUT2D eigenvalue weighted by molar-refractivity contribution is 5.92. The van der Waals surface area contributed by atoms with E-state index in [-0.39, 0.29) is 18.1 Å². The maximum Gasteiger partial charge on any atom is 0.231 e. The summed E-state index contributed by atoms with van der Waals surface area (Å²) in [6, 6.07) is 9.58. The van der Waals surface area contributed by atoms with Gasteiger partial charge in [-0.05, 0) is 36.2 Å². The molecule has 0 bridgehead atoms. The molecule has 23 heavy (non-hydrogen) atoms. The second kappa shape index (κ2) is 6.56. The van der Waals surface area contributed by atoms with Crippen molar-refractivity contribution in [1.82, 2.24) is 14.5 Å². The number of rotatable bonds is 5. The van der Waals surface area contributed by atoms with Crippen molar-refractivity contribution >= 4 is 23.0 Å². The summed E-state index contributed by atoms with van der Waals surface area (Å²) in [7, 11) is 0. The zero-order valence-corrected chi connectivity index (χ0v) is 12.8. The van der Waals surface area contributed by atoms with Crippen LogP contribution >= 0.6 is 0 Å². The fraction of sp³-hybridized carbons (Fsp3) is 0.235. The van der Waals surface area contributed by atoms with E-state index in [0.717, 1.165) is 29.7 Å². The number of anilines is 1. The molecule has 0 saturated heterocycles. The van der Waals surface area contributed by atoms with Crippen molar-refractivity contribution in [3.8, 4) is 0 Å². The standard InChI is InChI=1S/C17H17FN4O/c1-2-10-22-16-14(4-3-9-19-16)20-17(22)21-15(23)11-12-5-7-13(18)8-6-12/h3-9H,2,10-11H2,1H3,(H,20,21,23). The van der Waals surface area contributed by atoms with Gasteiger partial charge in [0.2, 0.25) is 11.9 Å². The van der Waals surface area contributed by atoms with E-state index in [2.05, 4.69) is 22.2 Å². The summed E-state index contributed by atoms with van der Waals surface area (Å²) >= 11 is 0. The number of carbonyl (C=O) groups excluding carboxylic acids is 1. The Balaban J connectivity index is 1.81. The summed E-state index contributed by atoms with van der Waals surface area (Å²) < 4.78 is 14.8. The van der Waals surface area contributed by atoms with Crippen LogP contribution in [0.3, 0.4) is 0 Å². The van der Waals surface area contributed by atoms with E-state index in [4.69, 9.17) is 0 Å². The normalized spacial score (nSPS) is 10.9. The lowest BCUT2D eigenvalue weighted by molar-refractivity contribution is -0.115. The average molecular weight is 312 g/mol. The summed E-state index contributed by atoms with van der Waals surface area (Å²) in [6.45, 7) is 2.78. The number of pyridine rings is 1. The number of benzene rings is 1. The average Bonchev–Trinajstić information content (AvgIpc) is 2.88. The molecule has 2 aromatic heterocycles. The first-order valence-corrected chi connectivity index (χ1v) is 7.53. The number of nitrogens with one attached hydrogen (secondary N) is 1. The number of imidazole rings is 1. The first-order valence-electron chi connectivity index (χ1n) is 7.53. The summed E-state index contributed by atoms with van der Waals surface area (Å²) in [5, 5.41) is 2.83. The van der Waals surface area contributed by atoms with Crippen molar-refractivity contribution < 1.29 is 9.18 Å². The van der Waals surface area contributed by atoms with Gasteiger partial charge in [-0.2, -0.15) is 0 Å². The molecule has 0 atom stereocenters. The predicted octanol–water partition coefficient (Wildman–Crippen LogP) is 3.16. The highest BCUT2D eigenvalue weighted by atomic mass is 19.1. The molecule has 2 heterocycles. The quantitative estimate of drug-likeness (QED) is 0.787. The number of aromatic nitrogens is 3. The Morgan fingerprint density at radius 2 is 2.04 bits per heavy atom. The van der Waals surface area contributed by atoms with Gasteiger partial charge in [0.25, 0.3) is 0 Å². The van der Waals surface area contributed by atoms with Crippen molar-refractivity contribution in [2.45, 2.75) is 26.3 Å². The number of amides is 1. The van der Waals surface area contributed by atoms with Crippen LogP contribution in [0, 0.1) is 5.82 Å². The number of nitrogens with zero attached hydrogens (tertiary/aromatic N) is 3. The Kier molecular flexibility index (Phi) is 4.32. The summed E-state index contributed by atoms with van der Waals surface area (Å²) in [5.41, 5.74) is 2.25. The van der Waals surface area contributed by atoms with Gasteiger partial charge in [-0.15, -0.1) is 0 Å². The van der Waals surface area contributed by atoms with Crippen LogP contribution in [0.2, 0.25) is 0 Å². The van der Waals surface area contributed by atoms with Gasteiger partial charge < -0.3 is 0 Å². The number of hydrogen-bond donors (Lipinski definition) is 1. The van der Waals surface area contributed by atoms with Gasteiger partial charge in [0.1, 0.15) is 11.3 Å². The molecule has 0 radical (unpaired) electrons. The number of halogens is 1. The molecular formula is C17H17FN4O. The highest BCUT2D eigenvalue weighted by Gasteiger charge is 2.13. The lowest BCUT2D eigenvalue weighted by Gasteiger charge is -2.08. The molecule has 1 N–H and O–H groups in total. The molecule has 6 heteroatoms. The Bertz CT molecular complexity index is 826. The fourth-order valence-corrected chi connectivity index (χ4v) is 2.45. The van der Waals surface area contributed by atoms with E-state index >= 15 is 0 Å². The van der Waals surface area contributed by atoms with Crippen molar-refractivity contribution in [1.29, 1.82) is 0 Å². The summed E-state index contributed by atoms with van der Waals surface area (Å²) in [5.74, 6) is -0.0121. The summed E-state index contributed by atoms with van der Waals surface area (Å²) in [6.07, 6.45) is 2.78. The maximum absolute atomic E-state index is 12.9. The van der Waals surface area contributed by atoms with Crippen molar-refractivity contribution in [2.24, 2.45) is 0 Å². The Hall–Kier alpha value is -2.76. The van der Waals surface area contributed by atoms with E-state index in [9.17, 15) is 9.18 Å². The Morgan fingerprint density at radius 1 is 1.26 bits per heavy atom. The molecule has 5 nitrogen and oxygen atoms in total.